The van der Waals surface area contributed by atoms with Crippen LogP contribution in [-0.4, -0.2) is 14.8 Å². The molecule has 0 bridgehead atoms. The molecule has 0 radical (unpaired) electrons. The Hall–Kier alpha value is -1.06. The lowest BCUT2D eigenvalue weighted by Gasteiger charge is -2.04. The lowest BCUT2D eigenvalue weighted by molar-refractivity contribution is 0.878. The summed E-state index contributed by atoms with van der Waals surface area (Å²) in [5.74, 6) is 0.456. The first kappa shape index (κ1) is 9.49. The van der Waals surface area contributed by atoms with Gasteiger partial charge < -0.3 is 0 Å². The summed E-state index contributed by atoms with van der Waals surface area (Å²) in [6.45, 7) is 0. The van der Waals surface area contributed by atoms with Crippen LogP contribution >= 0.6 is 23.2 Å². The van der Waals surface area contributed by atoms with Crippen molar-refractivity contribution in [2.24, 2.45) is 0 Å². The summed E-state index contributed by atoms with van der Waals surface area (Å²) in [6, 6.07) is 5.61. The van der Waals surface area contributed by atoms with Crippen LogP contribution in [0.1, 0.15) is 5.56 Å². The molecular weight excluding hydrogens is 221 g/mol. The van der Waals surface area contributed by atoms with Gasteiger partial charge in [-0.2, -0.15) is 5.10 Å². The number of aromatic nitrogens is 3. The summed E-state index contributed by atoms with van der Waals surface area (Å²) in [7, 11) is 0. The Kier molecular flexibility index (Phi) is 2.70. The molecule has 0 aliphatic heterocycles. The van der Waals surface area contributed by atoms with Crippen LogP contribution in [0.15, 0.2) is 30.9 Å². The van der Waals surface area contributed by atoms with Crippen molar-refractivity contribution in [1.82, 2.24) is 14.8 Å². The second-order valence-corrected chi connectivity index (χ2v) is 3.43. The minimum atomic E-state index is 0.456. The molecule has 72 valence electrons. The summed E-state index contributed by atoms with van der Waals surface area (Å²) in [4.78, 5) is 3.85. The van der Waals surface area contributed by atoms with Gasteiger partial charge in [-0.1, -0.05) is 17.7 Å². The first-order valence-corrected chi connectivity index (χ1v) is 4.92. The van der Waals surface area contributed by atoms with Gasteiger partial charge in [-0.3, -0.25) is 0 Å². The van der Waals surface area contributed by atoms with Crippen LogP contribution in [0, 0.1) is 0 Å². The van der Waals surface area contributed by atoms with Gasteiger partial charge in [0.15, 0.2) is 0 Å². The monoisotopic (exact) mass is 227 g/mol. The van der Waals surface area contributed by atoms with E-state index in [1.165, 1.54) is 6.33 Å². The van der Waals surface area contributed by atoms with Crippen molar-refractivity contribution >= 4 is 23.2 Å². The number of alkyl halides is 1. The Labute approximate surface area is 91.3 Å². The standard InChI is InChI=1S/C9H7Cl2N3/c10-4-7-1-2-9(8(11)3-7)14-6-12-5-13-14/h1-3,5-6H,4H2. The fourth-order valence-corrected chi connectivity index (χ4v) is 1.61. The Morgan fingerprint density at radius 3 is 2.79 bits per heavy atom. The number of benzene rings is 1. The van der Waals surface area contributed by atoms with Crippen molar-refractivity contribution in [3.63, 3.8) is 0 Å². The Bertz CT molecular complexity index is 426. The summed E-state index contributed by atoms with van der Waals surface area (Å²) in [5.41, 5.74) is 1.79. The summed E-state index contributed by atoms with van der Waals surface area (Å²) in [5, 5.41) is 4.61. The molecule has 0 spiro atoms. The Morgan fingerprint density at radius 1 is 1.36 bits per heavy atom. The predicted molar refractivity (Wildman–Crippen MR) is 55.9 cm³/mol. The zero-order chi connectivity index (χ0) is 9.97. The smallest absolute Gasteiger partial charge is 0.138 e. The maximum atomic E-state index is 6.05. The third-order valence-electron chi connectivity index (χ3n) is 1.83. The molecule has 2 aromatic rings. The van der Waals surface area contributed by atoms with E-state index in [-0.39, 0.29) is 0 Å². The van der Waals surface area contributed by atoms with E-state index in [9.17, 15) is 0 Å². The lowest BCUT2D eigenvalue weighted by Crippen LogP contribution is -1.95. The van der Waals surface area contributed by atoms with Crippen LogP contribution in [0.25, 0.3) is 5.69 Å². The molecule has 0 amide bonds. The number of hydrogen-bond acceptors (Lipinski definition) is 2. The van der Waals surface area contributed by atoms with Gasteiger partial charge in [-0.05, 0) is 17.7 Å². The van der Waals surface area contributed by atoms with E-state index in [4.69, 9.17) is 23.2 Å². The molecule has 0 aliphatic rings. The third-order valence-corrected chi connectivity index (χ3v) is 2.44. The van der Waals surface area contributed by atoms with Crippen molar-refractivity contribution < 1.29 is 0 Å². The highest BCUT2D eigenvalue weighted by atomic mass is 35.5. The normalized spacial score (nSPS) is 10.4. The van der Waals surface area contributed by atoms with Crippen LogP contribution in [0.3, 0.4) is 0 Å². The zero-order valence-electron chi connectivity index (χ0n) is 7.19. The van der Waals surface area contributed by atoms with Crippen molar-refractivity contribution in [2.75, 3.05) is 0 Å². The topological polar surface area (TPSA) is 30.7 Å². The highest BCUT2D eigenvalue weighted by Gasteiger charge is 2.03. The minimum absolute atomic E-state index is 0.456. The van der Waals surface area contributed by atoms with Crippen LogP contribution in [0.2, 0.25) is 5.02 Å². The van der Waals surface area contributed by atoms with Crippen molar-refractivity contribution in [3.8, 4) is 5.69 Å². The fraction of sp³-hybridized carbons (Fsp3) is 0.111. The SMILES string of the molecule is ClCc1ccc(-n2cncn2)c(Cl)c1. The molecule has 0 N–H and O–H groups in total. The minimum Gasteiger partial charge on any atom is -0.223 e. The summed E-state index contributed by atoms with van der Waals surface area (Å²) >= 11 is 11.7. The maximum absolute atomic E-state index is 6.05. The molecule has 0 aliphatic carbocycles. The summed E-state index contributed by atoms with van der Waals surface area (Å²) < 4.78 is 1.61. The summed E-state index contributed by atoms with van der Waals surface area (Å²) in [6.07, 6.45) is 3.06. The van der Waals surface area contributed by atoms with Gasteiger partial charge in [-0.25, -0.2) is 9.67 Å². The fourth-order valence-electron chi connectivity index (χ4n) is 1.15. The highest BCUT2D eigenvalue weighted by Crippen LogP contribution is 2.21. The molecule has 2 rings (SSSR count). The van der Waals surface area contributed by atoms with Gasteiger partial charge in [0.1, 0.15) is 12.7 Å². The number of hydrogen-bond donors (Lipinski definition) is 0. The lowest BCUT2D eigenvalue weighted by atomic mass is 10.2. The number of nitrogens with zero attached hydrogens (tertiary/aromatic N) is 3. The van der Waals surface area contributed by atoms with Gasteiger partial charge >= 0.3 is 0 Å². The molecule has 3 nitrogen and oxygen atoms in total. The third kappa shape index (κ3) is 1.74. The first-order chi connectivity index (χ1) is 6.81. The van der Waals surface area contributed by atoms with Crippen molar-refractivity contribution in [3.05, 3.63) is 41.4 Å². The van der Waals surface area contributed by atoms with E-state index in [0.717, 1.165) is 11.3 Å². The van der Waals surface area contributed by atoms with Gasteiger partial charge in [0.2, 0.25) is 0 Å². The van der Waals surface area contributed by atoms with E-state index in [1.807, 2.05) is 18.2 Å². The second-order valence-electron chi connectivity index (χ2n) is 2.76. The first-order valence-electron chi connectivity index (χ1n) is 4.00. The second kappa shape index (κ2) is 3.98. The Balaban J connectivity index is 2.46. The molecule has 0 fully saturated rings. The zero-order valence-corrected chi connectivity index (χ0v) is 8.70. The molecule has 1 aromatic carbocycles. The van der Waals surface area contributed by atoms with E-state index in [2.05, 4.69) is 10.1 Å². The van der Waals surface area contributed by atoms with Crippen LogP contribution < -0.4 is 0 Å². The van der Waals surface area contributed by atoms with E-state index >= 15 is 0 Å². The average molecular weight is 228 g/mol. The quantitative estimate of drug-likeness (QED) is 0.739. The molecule has 5 heteroatoms. The maximum Gasteiger partial charge on any atom is 0.138 e. The molecule has 0 unspecified atom stereocenters. The number of rotatable bonds is 2. The van der Waals surface area contributed by atoms with Crippen molar-refractivity contribution in [2.45, 2.75) is 5.88 Å². The molecule has 0 saturated carbocycles. The average Bonchev–Trinajstić information content (AvgIpc) is 2.70. The Morgan fingerprint density at radius 2 is 2.21 bits per heavy atom. The molecule has 0 saturated heterocycles. The van der Waals surface area contributed by atoms with E-state index < -0.39 is 0 Å². The molecule has 1 heterocycles. The van der Waals surface area contributed by atoms with Gasteiger partial charge in [0, 0.05) is 5.88 Å². The van der Waals surface area contributed by atoms with Crippen LogP contribution in [-0.2, 0) is 5.88 Å². The van der Waals surface area contributed by atoms with E-state index in [1.54, 1.807) is 11.0 Å². The van der Waals surface area contributed by atoms with E-state index in [0.29, 0.717) is 10.9 Å². The van der Waals surface area contributed by atoms with Gasteiger partial charge in [-0.15, -0.1) is 11.6 Å². The van der Waals surface area contributed by atoms with Gasteiger partial charge in [0.05, 0.1) is 10.7 Å². The number of halogens is 2. The van der Waals surface area contributed by atoms with Crippen LogP contribution in [0.5, 0.6) is 0 Å². The van der Waals surface area contributed by atoms with Gasteiger partial charge in [0.25, 0.3) is 0 Å². The molecule has 14 heavy (non-hydrogen) atoms. The molecule has 1 aromatic heterocycles. The molecular formula is C9H7Cl2N3. The largest absolute Gasteiger partial charge is 0.223 e. The van der Waals surface area contributed by atoms with Crippen LogP contribution in [0.4, 0.5) is 0 Å². The highest BCUT2D eigenvalue weighted by molar-refractivity contribution is 6.32. The molecule has 0 atom stereocenters. The predicted octanol–water partition coefficient (Wildman–Crippen LogP) is 2.66. The van der Waals surface area contributed by atoms with Crippen molar-refractivity contribution in [1.29, 1.82) is 0 Å².